The number of alkyl halides is 3. The van der Waals surface area contributed by atoms with Crippen molar-refractivity contribution < 1.29 is 18.0 Å². The highest BCUT2D eigenvalue weighted by molar-refractivity contribution is 5.94. The van der Waals surface area contributed by atoms with Gasteiger partial charge in [0.25, 0.3) is 5.91 Å². The minimum atomic E-state index is -4.39. The first-order chi connectivity index (χ1) is 12.4. The topological polar surface area (TPSA) is 23.6 Å². The number of hydrogen-bond donors (Lipinski definition) is 0. The van der Waals surface area contributed by atoms with E-state index >= 15 is 0 Å². The summed E-state index contributed by atoms with van der Waals surface area (Å²) in [5.41, 5.74) is 2.02. The van der Waals surface area contributed by atoms with Gasteiger partial charge in [-0.2, -0.15) is 13.2 Å². The molecule has 2 aromatic rings. The average Bonchev–Trinajstić information content (AvgIpc) is 2.67. The van der Waals surface area contributed by atoms with Gasteiger partial charge in [-0.1, -0.05) is 25.1 Å². The average molecular weight is 362 g/mol. The predicted octanol–water partition coefficient (Wildman–Crippen LogP) is 4.23. The third-order valence-corrected chi connectivity index (χ3v) is 4.74. The minimum absolute atomic E-state index is 0.220. The Morgan fingerprint density at radius 3 is 2.15 bits per heavy atom. The van der Waals surface area contributed by atoms with Crippen molar-refractivity contribution in [1.29, 1.82) is 0 Å². The third-order valence-electron chi connectivity index (χ3n) is 4.74. The van der Waals surface area contributed by atoms with E-state index in [9.17, 15) is 18.0 Å². The zero-order valence-electron chi connectivity index (χ0n) is 14.6. The van der Waals surface area contributed by atoms with Crippen LogP contribution in [0.5, 0.6) is 0 Å². The smallest absolute Gasteiger partial charge is 0.368 e. The maximum atomic E-state index is 12.6. The van der Waals surface area contributed by atoms with Crippen molar-refractivity contribution in [1.82, 2.24) is 4.90 Å². The lowest BCUT2D eigenvalue weighted by Gasteiger charge is -2.37. The molecule has 0 saturated carbocycles. The van der Waals surface area contributed by atoms with Gasteiger partial charge in [-0.25, -0.2) is 0 Å². The highest BCUT2D eigenvalue weighted by atomic mass is 19.4. The van der Waals surface area contributed by atoms with Crippen LogP contribution in [0.25, 0.3) is 0 Å². The first-order valence-corrected chi connectivity index (χ1v) is 8.69. The van der Waals surface area contributed by atoms with Crippen LogP contribution in [0.2, 0.25) is 0 Å². The van der Waals surface area contributed by atoms with Crippen LogP contribution in [-0.4, -0.2) is 37.0 Å². The van der Waals surface area contributed by atoms with Gasteiger partial charge in [0, 0.05) is 37.4 Å². The summed E-state index contributed by atoms with van der Waals surface area (Å²) in [5, 5.41) is 0. The van der Waals surface area contributed by atoms with E-state index in [1.807, 2.05) is 12.1 Å². The summed E-state index contributed by atoms with van der Waals surface area (Å²) in [7, 11) is 0. The van der Waals surface area contributed by atoms with Crippen molar-refractivity contribution >= 4 is 11.6 Å². The maximum absolute atomic E-state index is 12.6. The first-order valence-electron chi connectivity index (χ1n) is 8.69. The van der Waals surface area contributed by atoms with Crippen molar-refractivity contribution in [3.63, 3.8) is 0 Å². The largest absolute Gasteiger partial charge is 0.416 e. The van der Waals surface area contributed by atoms with Gasteiger partial charge in [-0.3, -0.25) is 4.79 Å². The van der Waals surface area contributed by atoms with Gasteiger partial charge in [0.15, 0.2) is 0 Å². The molecule has 2 aromatic carbocycles. The standard InChI is InChI=1S/C20H21F3N2O/c1-2-15-5-3-4-6-18(15)24-11-13-25(14-12-24)19(26)16-7-9-17(10-8-16)20(21,22)23/h3-10H,2,11-14H2,1H3. The van der Waals surface area contributed by atoms with Gasteiger partial charge >= 0.3 is 6.18 Å². The highest BCUT2D eigenvalue weighted by Crippen LogP contribution is 2.29. The maximum Gasteiger partial charge on any atom is 0.416 e. The summed E-state index contributed by atoms with van der Waals surface area (Å²) < 4.78 is 37.9. The van der Waals surface area contributed by atoms with E-state index in [1.165, 1.54) is 23.4 Å². The Labute approximate surface area is 151 Å². The van der Waals surface area contributed by atoms with Crippen molar-refractivity contribution in [2.45, 2.75) is 19.5 Å². The molecule has 3 nitrogen and oxygen atoms in total. The number of anilines is 1. The minimum Gasteiger partial charge on any atom is -0.368 e. The molecule has 1 heterocycles. The normalized spacial score (nSPS) is 15.2. The van der Waals surface area contributed by atoms with Gasteiger partial charge in [0.05, 0.1) is 5.56 Å². The molecule has 1 aliphatic heterocycles. The number of piperazine rings is 1. The fourth-order valence-electron chi connectivity index (χ4n) is 3.25. The number of carbonyl (C=O) groups is 1. The van der Waals surface area contributed by atoms with E-state index in [1.54, 1.807) is 4.90 Å². The molecule has 0 radical (unpaired) electrons. The lowest BCUT2D eigenvalue weighted by Crippen LogP contribution is -2.49. The Balaban J connectivity index is 1.65. The molecule has 0 aliphatic carbocycles. The SMILES string of the molecule is CCc1ccccc1N1CCN(C(=O)c2ccc(C(F)(F)F)cc2)CC1. The highest BCUT2D eigenvalue weighted by Gasteiger charge is 2.30. The summed E-state index contributed by atoms with van der Waals surface area (Å²) in [6.45, 7) is 4.64. The number of carbonyl (C=O) groups excluding carboxylic acids is 1. The molecule has 6 heteroatoms. The molecular formula is C20H21F3N2O. The molecule has 3 rings (SSSR count). The van der Waals surface area contributed by atoms with E-state index in [-0.39, 0.29) is 5.91 Å². The second-order valence-electron chi connectivity index (χ2n) is 6.34. The van der Waals surface area contributed by atoms with Crippen LogP contribution in [0.3, 0.4) is 0 Å². The van der Waals surface area contributed by atoms with Crippen LogP contribution in [0.1, 0.15) is 28.4 Å². The fourth-order valence-corrected chi connectivity index (χ4v) is 3.25. The Morgan fingerprint density at radius 1 is 0.962 bits per heavy atom. The second-order valence-corrected chi connectivity index (χ2v) is 6.34. The van der Waals surface area contributed by atoms with Gasteiger partial charge in [0.2, 0.25) is 0 Å². The predicted molar refractivity (Wildman–Crippen MR) is 95.4 cm³/mol. The molecular weight excluding hydrogens is 341 g/mol. The molecule has 0 spiro atoms. The number of halogens is 3. The van der Waals surface area contributed by atoms with E-state index in [0.717, 1.165) is 18.6 Å². The van der Waals surface area contributed by atoms with Crippen LogP contribution in [0, 0.1) is 0 Å². The lowest BCUT2D eigenvalue weighted by atomic mass is 10.1. The number of aryl methyl sites for hydroxylation is 1. The van der Waals surface area contributed by atoms with Gasteiger partial charge < -0.3 is 9.80 Å². The van der Waals surface area contributed by atoms with Crippen molar-refractivity contribution in [2.75, 3.05) is 31.1 Å². The number of benzene rings is 2. The zero-order valence-corrected chi connectivity index (χ0v) is 14.6. The summed E-state index contributed by atoms with van der Waals surface area (Å²) in [6.07, 6.45) is -3.44. The van der Waals surface area contributed by atoms with Crippen LogP contribution < -0.4 is 4.90 Å². The van der Waals surface area contributed by atoms with Gasteiger partial charge in [-0.05, 0) is 42.3 Å². The van der Waals surface area contributed by atoms with Crippen molar-refractivity contribution in [3.05, 3.63) is 65.2 Å². The molecule has 1 fully saturated rings. The second kappa shape index (κ2) is 7.40. The molecule has 138 valence electrons. The Kier molecular flexibility index (Phi) is 5.20. The third kappa shape index (κ3) is 3.84. The number of rotatable bonds is 3. The molecule has 0 aromatic heterocycles. The van der Waals surface area contributed by atoms with Crippen LogP contribution in [0.15, 0.2) is 48.5 Å². The number of amides is 1. The molecule has 0 bridgehead atoms. The number of para-hydroxylation sites is 1. The Hall–Kier alpha value is -2.50. The summed E-state index contributed by atoms with van der Waals surface area (Å²) in [6, 6.07) is 12.7. The van der Waals surface area contributed by atoms with Gasteiger partial charge in [0.1, 0.15) is 0 Å². The molecule has 0 atom stereocenters. The first kappa shape index (κ1) is 18.3. The molecule has 0 N–H and O–H groups in total. The summed E-state index contributed by atoms with van der Waals surface area (Å²) in [5.74, 6) is -0.220. The molecule has 0 unspecified atom stereocenters. The van der Waals surface area contributed by atoms with E-state index in [4.69, 9.17) is 0 Å². The Bertz CT molecular complexity index is 763. The molecule has 26 heavy (non-hydrogen) atoms. The molecule has 1 aliphatic rings. The van der Waals surface area contributed by atoms with Crippen molar-refractivity contribution in [3.8, 4) is 0 Å². The van der Waals surface area contributed by atoms with Crippen molar-refractivity contribution in [2.24, 2.45) is 0 Å². The van der Waals surface area contributed by atoms with E-state index in [0.29, 0.717) is 31.7 Å². The number of hydrogen-bond acceptors (Lipinski definition) is 2. The lowest BCUT2D eigenvalue weighted by molar-refractivity contribution is -0.137. The number of nitrogens with zero attached hydrogens (tertiary/aromatic N) is 2. The summed E-state index contributed by atoms with van der Waals surface area (Å²) in [4.78, 5) is 16.5. The van der Waals surface area contributed by atoms with Crippen LogP contribution in [-0.2, 0) is 12.6 Å². The Morgan fingerprint density at radius 2 is 1.58 bits per heavy atom. The fraction of sp³-hybridized carbons (Fsp3) is 0.350. The van der Waals surface area contributed by atoms with Gasteiger partial charge in [-0.15, -0.1) is 0 Å². The van der Waals surface area contributed by atoms with Crippen LogP contribution in [0.4, 0.5) is 18.9 Å². The monoisotopic (exact) mass is 362 g/mol. The van der Waals surface area contributed by atoms with E-state index in [2.05, 4.69) is 24.0 Å². The molecule has 1 saturated heterocycles. The molecule has 1 amide bonds. The zero-order chi connectivity index (χ0) is 18.7. The summed E-state index contributed by atoms with van der Waals surface area (Å²) >= 11 is 0. The van der Waals surface area contributed by atoms with Crippen LogP contribution >= 0.6 is 0 Å². The quantitative estimate of drug-likeness (QED) is 0.816. The van der Waals surface area contributed by atoms with E-state index < -0.39 is 11.7 Å².